The van der Waals surface area contributed by atoms with Gasteiger partial charge in [0.25, 0.3) is 10.1 Å². The van der Waals surface area contributed by atoms with Gasteiger partial charge in [0.2, 0.25) is 10.4 Å². The van der Waals surface area contributed by atoms with Gasteiger partial charge in [0.15, 0.2) is 25.4 Å². The third-order valence-corrected chi connectivity index (χ3v) is 13.1. The Morgan fingerprint density at radius 3 is 1.32 bits per heavy atom. The first-order chi connectivity index (χ1) is 25.6. The van der Waals surface area contributed by atoms with Crippen molar-refractivity contribution >= 4 is 99.6 Å². The molecule has 0 radical (unpaired) electrons. The average molecular weight is 991 g/mol. The number of rotatable bonds is 16. The molecule has 33 heteroatoms. The molecule has 0 aromatic heterocycles. The zero-order valence-corrected chi connectivity index (χ0v) is 44.7. The molecular weight excluding hydrogens is 967 g/mol. The van der Waals surface area contributed by atoms with Gasteiger partial charge in [-0.05, 0) is 66.0 Å². The van der Waals surface area contributed by atoms with E-state index in [9.17, 15) is 69.3 Å². The number of nitrogens with two attached hydrogens (primary N) is 1. The summed E-state index contributed by atoms with van der Waals surface area (Å²) in [7, 11) is -28.4. The van der Waals surface area contributed by atoms with E-state index >= 15 is 0 Å². The van der Waals surface area contributed by atoms with Crippen LogP contribution in [-0.2, 0) is 68.8 Å². The topological polar surface area (TPSA) is 388 Å². The number of benzene rings is 4. The summed E-state index contributed by atoms with van der Waals surface area (Å²) in [5, 5.41) is 24.7. The van der Waals surface area contributed by atoms with Crippen molar-refractivity contribution in [2.45, 2.75) is 19.6 Å². The molecule has 0 saturated heterocycles. The molecular formula is C27H24N5Na4O18S6+. The number of nitrogens with zero attached hydrogens (tertiary/aromatic N) is 4. The van der Waals surface area contributed by atoms with E-state index in [4.69, 9.17) is 5.73 Å². The van der Waals surface area contributed by atoms with Crippen LogP contribution >= 0.6 is 0 Å². The fourth-order valence-electron chi connectivity index (χ4n) is 4.52. The van der Waals surface area contributed by atoms with Gasteiger partial charge in [0.1, 0.15) is 31.6 Å². The normalized spacial score (nSPS) is 12.7. The van der Waals surface area contributed by atoms with Crippen molar-refractivity contribution in [2.24, 2.45) is 20.5 Å². The molecule has 0 atom stereocenters. The Kier molecular flexibility index (Phi) is 22.8. The number of hydrogen-bond acceptors (Lipinski definition) is 23. The number of nitrogen functional groups attached to an aromatic ring is 1. The first-order valence-corrected chi connectivity index (χ1v) is 23.8. The van der Waals surface area contributed by atoms with Gasteiger partial charge in [0.05, 0.1) is 73.0 Å². The molecule has 0 bridgehead atoms. The van der Waals surface area contributed by atoms with Crippen molar-refractivity contribution in [3.63, 3.8) is 0 Å². The largest absolute Gasteiger partial charge is 1.00 e. The maximum Gasteiger partial charge on any atom is 1.00 e. The van der Waals surface area contributed by atoms with Crippen LogP contribution in [0.3, 0.4) is 0 Å². The van der Waals surface area contributed by atoms with Gasteiger partial charge in [-0.15, -0.1) is 10.2 Å². The summed E-state index contributed by atoms with van der Waals surface area (Å²) in [4.78, 5) is -3.13. The number of aromatic hydroxyl groups is 1. The smallest absolute Gasteiger partial charge is 0.744 e. The SMILES string of the molecule is CS(=O)(=O)OCCS(=O)(=O)c1ccc(N=Nc2c(S(=O)(=O)[O-])cc3cc(S(=O)(=O)[O-])c(N=Nc4ccc(S(=O)(=O)CCOS(=O)(=O)[O-])cc4)c(O)c3c2N)cc1.[Na+].[Na+].[Na+].[Na+]. The molecule has 0 unspecified atom stereocenters. The number of phenols is 1. The van der Waals surface area contributed by atoms with Crippen LogP contribution in [-0.4, -0.2) is 100 Å². The third-order valence-electron chi connectivity index (χ3n) is 7.00. The molecule has 0 amide bonds. The number of fused-ring (bicyclic) bond motifs is 1. The summed E-state index contributed by atoms with van der Waals surface area (Å²) in [6.07, 6.45) is 0.730. The molecule has 0 saturated carbocycles. The first-order valence-electron chi connectivity index (χ1n) is 14.6. The fourth-order valence-corrected chi connectivity index (χ4v) is 8.89. The summed E-state index contributed by atoms with van der Waals surface area (Å²) in [5.41, 5.74) is 3.07. The van der Waals surface area contributed by atoms with Crippen molar-refractivity contribution < 1.29 is 196 Å². The van der Waals surface area contributed by atoms with Crippen molar-refractivity contribution in [2.75, 3.05) is 36.7 Å². The number of anilines is 1. The Labute approximate surface area is 432 Å². The maximum absolute atomic E-state index is 12.5. The van der Waals surface area contributed by atoms with E-state index in [-0.39, 0.29) is 134 Å². The molecule has 0 heterocycles. The van der Waals surface area contributed by atoms with Gasteiger partial charge >= 0.3 is 118 Å². The average Bonchev–Trinajstić information content (AvgIpc) is 3.05. The van der Waals surface area contributed by atoms with Crippen molar-refractivity contribution in [3.8, 4) is 5.75 Å². The maximum atomic E-state index is 12.5. The van der Waals surface area contributed by atoms with Crippen LogP contribution in [0.4, 0.5) is 28.4 Å². The molecule has 0 aliphatic rings. The molecule has 4 aromatic rings. The van der Waals surface area contributed by atoms with Crippen LogP contribution in [0.5, 0.6) is 5.75 Å². The predicted octanol–water partition coefficient (Wildman–Crippen LogP) is -10.2. The Balaban J connectivity index is 0.00000870. The summed E-state index contributed by atoms with van der Waals surface area (Å²) in [5.74, 6) is -2.80. The molecule has 3 N–H and O–H groups in total. The van der Waals surface area contributed by atoms with Crippen molar-refractivity contribution in [1.29, 1.82) is 0 Å². The van der Waals surface area contributed by atoms with E-state index in [1.807, 2.05) is 0 Å². The number of phenolic OH excluding ortho intramolecular Hbond substituents is 1. The number of hydrogen-bond donors (Lipinski definition) is 2. The van der Waals surface area contributed by atoms with E-state index in [2.05, 4.69) is 28.8 Å². The van der Waals surface area contributed by atoms with Crippen molar-refractivity contribution in [1.82, 2.24) is 0 Å². The second-order valence-electron chi connectivity index (χ2n) is 11.0. The van der Waals surface area contributed by atoms with Crippen LogP contribution < -0.4 is 124 Å². The van der Waals surface area contributed by atoms with Crippen LogP contribution in [0.15, 0.2) is 101 Å². The quantitative estimate of drug-likeness (QED) is 0.0263. The van der Waals surface area contributed by atoms with Crippen LogP contribution in [0, 0.1) is 0 Å². The van der Waals surface area contributed by atoms with Gasteiger partial charge in [-0.25, -0.2) is 42.1 Å². The van der Waals surface area contributed by atoms with Gasteiger partial charge in [-0.3, -0.25) is 8.37 Å². The number of sulfone groups is 2. The molecule has 0 fully saturated rings. The first kappa shape index (κ1) is 59.4. The van der Waals surface area contributed by atoms with E-state index in [1.165, 1.54) is 0 Å². The van der Waals surface area contributed by atoms with Gasteiger partial charge < -0.3 is 24.5 Å². The molecule has 60 heavy (non-hydrogen) atoms. The molecule has 0 spiro atoms. The monoisotopic (exact) mass is 990 g/mol. The molecule has 0 aliphatic carbocycles. The minimum Gasteiger partial charge on any atom is -0.744 e. The fraction of sp³-hybridized carbons (Fsp3) is 0.185. The third kappa shape index (κ3) is 16.5. The summed E-state index contributed by atoms with van der Waals surface area (Å²) in [6.45, 7) is -1.65. The molecule has 23 nitrogen and oxygen atoms in total. The van der Waals surface area contributed by atoms with Gasteiger partial charge in [-0.2, -0.15) is 18.6 Å². The molecule has 4 aromatic carbocycles. The van der Waals surface area contributed by atoms with Crippen LogP contribution in [0.1, 0.15) is 0 Å². The minimum absolute atomic E-state index is 0. The van der Waals surface area contributed by atoms with Crippen LogP contribution in [0.25, 0.3) is 10.8 Å². The standard InChI is InChI=1S/C27H27N5O18S6.4Na/c1-51(34,35)49-10-12-52(36,37)19-6-2-17(3-7-19)29-31-25-21(54(40,41)42)14-16-15-22(55(43,44)45)26(27(33)23(16)24(25)28)32-30-18-4-8-20(9-5-18)53(38,39)13-11-50-56(46,47)48;;;;/h2-9,14-15,33H,10-13,28H2,1H3,(H,40,41,42)(H,43,44,45)(H,46,47,48);;;;/q;4*+1/p-3. The predicted molar refractivity (Wildman–Crippen MR) is 188 cm³/mol. The minimum atomic E-state index is -5.55. The van der Waals surface area contributed by atoms with E-state index in [1.54, 1.807) is 0 Å². The zero-order valence-electron chi connectivity index (χ0n) is 31.8. The van der Waals surface area contributed by atoms with E-state index in [0.717, 1.165) is 54.8 Å². The zero-order chi connectivity index (χ0) is 42.1. The Morgan fingerprint density at radius 1 is 0.583 bits per heavy atom. The van der Waals surface area contributed by atoms with Crippen LogP contribution in [0.2, 0.25) is 0 Å². The second kappa shape index (κ2) is 23.1. The number of azo groups is 2. The second-order valence-corrected chi connectivity index (χ2v) is 20.6. The summed E-state index contributed by atoms with van der Waals surface area (Å²) >= 11 is 0. The van der Waals surface area contributed by atoms with Gasteiger partial charge in [-0.1, -0.05) is 0 Å². The molecule has 304 valence electrons. The Hall–Kier alpha value is -0.560. The summed E-state index contributed by atoms with van der Waals surface area (Å²) < 4.78 is 186. The molecule has 0 aliphatic heterocycles. The Morgan fingerprint density at radius 2 is 0.950 bits per heavy atom. The summed E-state index contributed by atoms with van der Waals surface area (Å²) in [6, 6.07) is 9.33. The van der Waals surface area contributed by atoms with Crippen molar-refractivity contribution in [3.05, 3.63) is 60.7 Å². The van der Waals surface area contributed by atoms with Gasteiger partial charge in [0, 0.05) is 0 Å². The molecule has 4 rings (SSSR count). The van der Waals surface area contributed by atoms with E-state index < -0.39 is 133 Å². The Bertz CT molecular complexity index is 2760. The van der Waals surface area contributed by atoms with E-state index in [0.29, 0.717) is 12.1 Å².